The number of amides is 1. The van der Waals surface area contributed by atoms with Crippen LogP contribution in [0.25, 0.3) is 0 Å². The van der Waals surface area contributed by atoms with Crippen molar-refractivity contribution >= 4 is 37.8 Å². The smallest absolute Gasteiger partial charge is 0.255 e. The van der Waals surface area contributed by atoms with Crippen molar-refractivity contribution < 1.29 is 14.3 Å². The highest BCUT2D eigenvalue weighted by Gasteiger charge is 2.11. The molecule has 0 spiro atoms. The van der Waals surface area contributed by atoms with Crippen LogP contribution in [0.1, 0.15) is 16.8 Å². The lowest BCUT2D eigenvalue weighted by Gasteiger charge is -2.09. The molecule has 0 saturated carbocycles. The Labute approximate surface area is 130 Å². The number of carbonyl (C=O) groups is 1. The van der Waals surface area contributed by atoms with Gasteiger partial charge in [-0.1, -0.05) is 31.9 Å². The monoisotopic (exact) mass is 393 g/mol. The molecule has 0 fully saturated rings. The number of rotatable bonds is 8. The van der Waals surface area contributed by atoms with Crippen LogP contribution in [0.2, 0.25) is 0 Å². The Morgan fingerprint density at radius 3 is 2.84 bits per heavy atom. The van der Waals surface area contributed by atoms with Crippen LogP contribution in [0.4, 0.5) is 0 Å². The zero-order chi connectivity index (χ0) is 14.1. The molecule has 1 N–H and O–H groups in total. The largest absolute Gasteiger partial charge is 0.496 e. The van der Waals surface area contributed by atoms with Crippen molar-refractivity contribution in [3.63, 3.8) is 0 Å². The van der Waals surface area contributed by atoms with Crippen molar-refractivity contribution in [2.24, 2.45) is 0 Å². The minimum Gasteiger partial charge on any atom is -0.496 e. The lowest BCUT2D eigenvalue weighted by molar-refractivity contribution is 0.0941. The Bertz CT molecular complexity index is 413. The molecule has 1 aromatic carbocycles. The summed E-state index contributed by atoms with van der Waals surface area (Å²) in [7, 11) is 1.55. The second-order valence-corrected chi connectivity index (χ2v) is 5.46. The Balaban J connectivity index is 2.41. The van der Waals surface area contributed by atoms with E-state index in [1.807, 2.05) is 6.07 Å². The first-order chi connectivity index (χ1) is 9.19. The van der Waals surface area contributed by atoms with Crippen LogP contribution in [0, 0.1) is 0 Å². The number of nitrogens with one attached hydrogen (secondary N) is 1. The Kier molecular flexibility index (Phi) is 8.09. The fraction of sp³-hybridized carbons (Fsp3) is 0.462. The number of hydrogen-bond donors (Lipinski definition) is 1. The Morgan fingerprint density at radius 2 is 2.16 bits per heavy atom. The number of ether oxygens (including phenoxy) is 2. The van der Waals surface area contributed by atoms with E-state index in [4.69, 9.17) is 9.47 Å². The van der Waals surface area contributed by atoms with Crippen molar-refractivity contribution in [2.45, 2.75) is 6.42 Å². The summed E-state index contributed by atoms with van der Waals surface area (Å²) < 4.78 is 11.4. The molecule has 0 saturated heterocycles. The highest BCUT2D eigenvalue weighted by atomic mass is 79.9. The number of benzene rings is 1. The average Bonchev–Trinajstić information content (AvgIpc) is 2.42. The molecule has 1 amide bonds. The van der Waals surface area contributed by atoms with Gasteiger partial charge in [0.2, 0.25) is 0 Å². The van der Waals surface area contributed by atoms with Crippen molar-refractivity contribution in [3.8, 4) is 5.75 Å². The second kappa shape index (κ2) is 9.34. The standard InChI is InChI=1S/C13H17Br2NO3/c1-18-12-9-10(15)3-4-11(12)13(17)16-6-2-7-19-8-5-14/h3-4,9H,2,5-8H2,1H3,(H,16,17). The van der Waals surface area contributed by atoms with Gasteiger partial charge in [0, 0.05) is 23.0 Å². The number of alkyl halides is 1. The van der Waals surface area contributed by atoms with Crippen LogP contribution in [-0.4, -0.2) is 38.1 Å². The highest BCUT2D eigenvalue weighted by Crippen LogP contribution is 2.23. The molecule has 0 bridgehead atoms. The lowest BCUT2D eigenvalue weighted by Crippen LogP contribution is -2.25. The molecular weight excluding hydrogens is 378 g/mol. The van der Waals surface area contributed by atoms with Crippen LogP contribution in [0.5, 0.6) is 5.75 Å². The number of hydrogen-bond acceptors (Lipinski definition) is 3. The number of methoxy groups -OCH3 is 1. The summed E-state index contributed by atoms with van der Waals surface area (Å²) in [6, 6.07) is 5.32. The zero-order valence-corrected chi connectivity index (χ0v) is 13.9. The van der Waals surface area contributed by atoms with E-state index in [1.165, 1.54) is 0 Å². The molecule has 0 unspecified atom stereocenters. The number of carbonyl (C=O) groups excluding carboxylic acids is 1. The van der Waals surface area contributed by atoms with Crippen LogP contribution in [0.15, 0.2) is 22.7 Å². The van der Waals surface area contributed by atoms with Gasteiger partial charge in [0.1, 0.15) is 5.75 Å². The van der Waals surface area contributed by atoms with Gasteiger partial charge < -0.3 is 14.8 Å². The first-order valence-electron chi connectivity index (χ1n) is 5.94. The van der Waals surface area contributed by atoms with Gasteiger partial charge in [0.25, 0.3) is 5.91 Å². The molecule has 0 aliphatic heterocycles. The highest BCUT2D eigenvalue weighted by molar-refractivity contribution is 9.10. The maximum Gasteiger partial charge on any atom is 0.255 e. The molecule has 0 heterocycles. The Morgan fingerprint density at radius 1 is 1.37 bits per heavy atom. The first-order valence-corrected chi connectivity index (χ1v) is 7.86. The first kappa shape index (κ1) is 16.5. The maximum atomic E-state index is 12.0. The normalized spacial score (nSPS) is 10.3. The molecule has 0 aromatic heterocycles. The molecule has 0 radical (unpaired) electrons. The van der Waals surface area contributed by atoms with Gasteiger partial charge in [-0.05, 0) is 24.6 Å². The fourth-order valence-electron chi connectivity index (χ4n) is 1.48. The summed E-state index contributed by atoms with van der Waals surface area (Å²) in [4.78, 5) is 12.0. The minimum atomic E-state index is -0.134. The Hall–Kier alpha value is -0.590. The van der Waals surface area contributed by atoms with Crippen LogP contribution < -0.4 is 10.1 Å². The van der Waals surface area contributed by atoms with Crippen molar-refractivity contribution in [1.82, 2.24) is 5.32 Å². The van der Waals surface area contributed by atoms with E-state index in [9.17, 15) is 4.79 Å². The topological polar surface area (TPSA) is 47.6 Å². The van der Waals surface area contributed by atoms with Gasteiger partial charge in [-0.25, -0.2) is 0 Å². The van der Waals surface area contributed by atoms with Gasteiger partial charge in [-0.2, -0.15) is 0 Å². The summed E-state index contributed by atoms with van der Waals surface area (Å²) in [5.74, 6) is 0.423. The van der Waals surface area contributed by atoms with Gasteiger partial charge in [-0.15, -0.1) is 0 Å². The van der Waals surface area contributed by atoms with Gasteiger partial charge >= 0.3 is 0 Å². The van der Waals surface area contributed by atoms with E-state index in [0.717, 1.165) is 16.2 Å². The van der Waals surface area contributed by atoms with Crippen LogP contribution in [0.3, 0.4) is 0 Å². The molecule has 1 aromatic rings. The predicted molar refractivity (Wildman–Crippen MR) is 82.3 cm³/mol. The third kappa shape index (κ3) is 5.93. The van der Waals surface area contributed by atoms with Crippen molar-refractivity contribution in [1.29, 1.82) is 0 Å². The van der Waals surface area contributed by atoms with Crippen LogP contribution in [-0.2, 0) is 4.74 Å². The molecular formula is C13H17Br2NO3. The van der Waals surface area contributed by atoms with Crippen LogP contribution >= 0.6 is 31.9 Å². The molecule has 106 valence electrons. The summed E-state index contributed by atoms with van der Waals surface area (Å²) in [5.41, 5.74) is 0.534. The van der Waals surface area contributed by atoms with E-state index < -0.39 is 0 Å². The van der Waals surface area contributed by atoms with Gasteiger partial charge in [0.15, 0.2) is 0 Å². The molecule has 0 aliphatic carbocycles. The summed E-state index contributed by atoms with van der Waals surface area (Å²) >= 11 is 6.62. The predicted octanol–water partition coefficient (Wildman–Crippen LogP) is 2.99. The zero-order valence-electron chi connectivity index (χ0n) is 10.7. The number of halogens is 2. The average molecular weight is 395 g/mol. The van der Waals surface area contributed by atoms with E-state index in [1.54, 1.807) is 19.2 Å². The summed E-state index contributed by atoms with van der Waals surface area (Å²) in [6.07, 6.45) is 0.789. The quantitative estimate of drug-likeness (QED) is 0.544. The molecule has 19 heavy (non-hydrogen) atoms. The molecule has 0 atom stereocenters. The van der Waals surface area contributed by atoms with E-state index in [-0.39, 0.29) is 5.91 Å². The summed E-state index contributed by atoms with van der Waals surface area (Å²) in [6.45, 7) is 1.91. The minimum absolute atomic E-state index is 0.134. The fourth-order valence-corrected chi connectivity index (χ4v) is 2.05. The SMILES string of the molecule is COc1cc(Br)ccc1C(=O)NCCCOCCBr. The summed E-state index contributed by atoms with van der Waals surface area (Å²) in [5, 5.41) is 3.67. The third-order valence-electron chi connectivity index (χ3n) is 2.38. The van der Waals surface area contributed by atoms with Gasteiger partial charge in [0.05, 0.1) is 19.3 Å². The van der Waals surface area contributed by atoms with Gasteiger partial charge in [-0.3, -0.25) is 4.79 Å². The molecule has 6 heteroatoms. The van der Waals surface area contributed by atoms with E-state index >= 15 is 0 Å². The van der Waals surface area contributed by atoms with Crippen molar-refractivity contribution in [2.75, 3.05) is 32.2 Å². The molecule has 4 nitrogen and oxygen atoms in total. The van der Waals surface area contributed by atoms with Crippen molar-refractivity contribution in [3.05, 3.63) is 28.2 Å². The molecule has 0 aliphatic rings. The second-order valence-electron chi connectivity index (χ2n) is 3.76. The van der Waals surface area contributed by atoms with E-state index in [0.29, 0.717) is 31.1 Å². The maximum absolute atomic E-state index is 12.0. The third-order valence-corrected chi connectivity index (χ3v) is 3.20. The lowest BCUT2D eigenvalue weighted by atomic mass is 10.2. The molecule has 1 rings (SSSR count). The van der Waals surface area contributed by atoms with E-state index in [2.05, 4.69) is 37.2 Å².